The number of halogens is 15. The van der Waals surface area contributed by atoms with Crippen LogP contribution in [0.25, 0.3) is 0 Å². The molecule has 0 aromatic rings. The maximum atomic E-state index is 13.0. The number of hydrogen-bond donors (Lipinski definition) is 0. The van der Waals surface area contributed by atoms with Crippen molar-refractivity contribution < 1.29 is 130 Å². The van der Waals surface area contributed by atoms with Crippen LogP contribution in [-0.2, 0) is 10.1 Å². The summed E-state index contributed by atoms with van der Waals surface area (Å²) in [5.74, 6) is -52.4. The minimum atomic E-state index is -8.52. The van der Waals surface area contributed by atoms with Crippen LogP contribution in [-0.4, -0.2) is 60.4 Å². The van der Waals surface area contributed by atoms with Crippen molar-refractivity contribution in [2.24, 2.45) is 0 Å². The Morgan fingerprint density at radius 1 is 0.536 bits per heavy atom. The molecule has 0 bridgehead atoms. The van der Waals surface area contributed by atoms with Crippen LogP contribution in [0.1, 0.15) is 0 Å². The third kappa shape index (κ3) is 4.71. The first-order chi connectivity index (χ1) is 11.2. The third-order valence-corrected chi connectivity index (χ3v) is 3.47. The first kappa shape index (κ1) is 30.7. The van der Waals surface area contributed by atoms with Crippen molar-refractivity contribution in [2.45, 2.75) is 41.7 Å². The summed E-state index contributed by atoms with van der Waals surface area (Å²) in [4.78, 5) is 0. The standard InChI is InChI=1S/C8H3F15O3S.K/c9-2(10,1-27(24,25)26)3(11,12)4(13,14)5(15,16)6(17,18)7(19,20)8(21,22)23;/h1H2,(H,24,25,26);/q;+1/p-1. The molecule has 0 aromatic carbocycles. The van der Waals surface area contributed by atoms with Gasteiger partial charge in [-0.25, -0.2) is 8.42 Å². The van der Waals surface area contributed by atoms with Gasteiger partial charge in [0.2, 0.25) is 0 Å². The maximum Gasteiger partial charge on any atom is 1.00 e. The molecule has 0 aliphatic heterocycles. The zero-order chi connectivity index (χ0) is 22.7. The van der Waals surface area contributed by atoms with E-state index in [1.807, 2.05) is 0 Å². The Morgan fingerprint density at radius 3 is 1.04 bits per heavy atom. The number of alkyl halides is 15. The van der Waals surface area contributed by atoms with Gasteiger partial charge in [0.05, 0.1) is 0 Å². The topological polar surface area (TPSA) is 57.2 Å². The van der Waals surface area contributed by atoms with E-state index in [0.717, 1.165) is 0 Å². The van der Waals surface area contributed by atoms with E-state index in [-0.39, 0.29) is 51.4 Å². The zero-order valence-corrected chi connectivity index (χ0v) is 16.4. The molecule has 0 rings (SSSR count). The molecule has 0 fully saturated rings. The molecule has 28 heavy (non-hydrogen) atoms. The molecule has 3 nitrogen and oxygen atoms in total. The summed E-state index contributed by atoms with van der Waals surface area (Å²) in [7, 11) is -6.63. The Kier molecular flexibility index (Phi) is 8.64. The quantitative estimate of drug-likeness (QED) is 0.296. The second kappa shape index (κ2) is 7.88. The molecule has 0 unspecified atom stereocenters. The van der Waals surface area contributed by atoms with E-state index in [1.165, 1.54) is 0 Å². The predicted octanol–water partition coefficient (Wildman–Crippen LogP) is 0.910. The normalized spacial score (nSPS) is 16.0. The van der Waals surface area contributed by atoms with Gasteiger partial charge in [0.25, 0.3) is 0 Å². The summed E-state index contributed by atoms with van der Waals surface area (Å²) >= 11 is 0. The van der Waals surface area contributed by atoms with E-state index in [9.17, 15) is 78.8 Å². The Morgan fingerprint density at radius 2 is 0.786 bits per heavy atom. The fourth-order valence-corrected chi connectivity index (χ4v) is 1.94. The van der Waals surface area contributed by atoms with E-state index in [4.69, 9.17) is 0 Å². The third-order valence-electron chi connectivity index (χ3n) is 2.75. The summed E-state index contributed by atoms with van der Waals surface area (Å²) < 4.78 is 219. The average Bonchev–Trinajstić information content (AvgIpc) is 2.33. The van der Waals surface area contributed by atoms with Gasteiger partial charge in [-0.2, -0.15) is 65.9 Å². The molecule has 0 aliphatic rings. The van der Waals surface area contributed by atoms with Crippen LogP contribution >= 0.6 is 0 Å². The van der Waals surface area contributed by atoms with Crippen LogP contribution in [0.2, 0.25) is 0 Å². The fourth-order valence-electron chi connectivity index (χ4n) is 1.31. The molecule has 0 aromatic heterocycles. The first-order valence-electron chi connectivity index (χ1n) is 5.48. The monoisotopic (exact) mass is 502 g/mol. The average molecular weight is 502 g/mol. The van der Waals surface area contributed by atoms with E-state index < -0.39 is 57.6 Å². The van der Waals surface area contributed by atoms with Crippen molar-refractivity contribution in [3.05, 3.63) is 0 Å². The van der Waals surface area contributed by atoms with Crippen molar-refractivity contribution in [1.82, 2.24) is 0 Å². The van der Waals surface area contributed by atoms with Crippen molar-refractivity contribution >= 4 is 10.1 Å². The van der Waals surface area contributed by atoms with Gasteiger partial charge < -0.3 is 4.55 Å². The second-order valence-corrected chi connectivity index (χ2v) is 6.18. The fraction of sp³-hybridized carbons (Fsp3) is 1.00. The molecule has 0 saturated carbocycles. The van der Waals surface area contributed by atoms with Crippen molar-refractivity contribution in [2.75, 3.05) is 5.75 Å². The first-order valence-corrected chi connectivity index (χ1v) is 7.05. The van der Waals surface area contributed by atoms with Gasteiger partial charge in [-0.1, -0.05) is 0 Å². The van der Waals surface area contributed by atoms with E-state index in [1.54, 1.807) is 0 Å². The maximum absolute atomic E-state index is 13.0. The number of rotatable bonds is 7. The molecular formula is C8H2F15KO3S. The van der Waals surface area contributed by atoms with Crippen LogP contribution < -0.4 is 51.4 Å². The predicted molar refractivity (Wildman–Crippen MR) is 50.3 cm³/mol. The van der Waals surface area contributed by atoms with E-state index in [2.05, 4.69) is 0 Å². The van der Waals surface area contributed by atoms with Crippen molar-refractivity contribution in [3.8, 4) is 0 Å². The molecular weight excluding hydrogens is 500 g/mol. The summed E-state index contributed by atoms with van der Waals surface area (Å²) in [6.45, 7) is 0. The van der Waals surface area contributed by atoms with Gasteiger partial charge in [-0.15, -0.1) is 0 Å². The Bertz CT molecular complexity index is 667. The molecule has 0 aliphatic carbocycles. The van der Waals surface area contributed by atoms with Gasteiger partial charge in [-0.05, 0) is 0 Å². The molecule has 20 heteroatoms. The minimum absolute atomic E-state index is 0. The minimum Gasteiger partial charge on any atom is -0.748 e. The van der Waals surface area contributed by atoms with Crippen LogP contribution in [0.4, 0.5) is 65.9 Å². The smallest absolute Gasteiger partial charge is 0.748 e. The Balaban J connectivity index is 0. The molecule has 164 valence electrons. The van der Waals surface area contributed by atoms with Crippen LogP contribution in [0, 0.1) is 0 Å². The van der Waals surface area contributed by atoms with Crippen LogP contribution in [0.3, 0.4) is 0 Å². The van der Waals surface area contributed by atoms with Gasteiger partial charge in [-0.3, -0.25) is 0 Å². The molecule has 0 saturated heterocycles. The second-order valence-electron chi connectivity index (χ2n) is 4.78. The largest absolute Gasteiger partial charge is 1.00 e. The van der Waals surface area contributed by atoms with Crippen LogP contribution in [0.15, 0.2) is 0 Å². The van der Waals surface area contributed by atoms with Gasteiger partial charge in [0, 0.05) is 0 Å². The molecule has 0 amide bonds. The zero-order valence-electron chi connectivity index (χ0n) is 12.5. The molecule has 0 heterocycles. The van der Waals surface area contributed by atoms with E-state index >= 15 is 0 Å². The van der Waals surface area contributed by atoms with Crippen molar-refractivity contribution in [1.29, 1.82) is 0 Å². The summed E-state index contributed by atoms with van der Waals surface area (Å²) in [5.41, 5.74) is 0. The Hall–Kier alpha value is 0.496. The summed E-state index contributed by atoms with van der Waals surface area (Å²) in [6.07, 6.45) is -7.73. The van der Waals surface area contributed by atoms with Crippen LogP contribution in [0.5, 0.6) is 0 Å². The molecule has 0 atom stereocenters. The van der Waals surface area contributed by atoms with E-state index in [0.29, 0.717) is 0 Å². The number of hydrogen-bond acceptors (Lipinski definition) is 3. The molecule has 0 radical (unpaired) electrons. The summed E-state index contributed by atoms with van der Waals surface area (Å²) in [6, 6.07) is 0. The van der Waals surface area contributed by atoms with Gasteiger partial charge >= 0.3 is 93.1 Å². The molecule has 0 N–H and O–H groups in total. The van der Waals surface area contributed by atoms with Gasteiger partial charge in [0.15, 0.2) is 0 Å². The Labute approximate surface area is 186 Å². The molecule has 0 spiro atoms. The summed E-state index contributed by atoms with van der Waals surface area (Å²) in [5, 5.41) is 0. The van der Waals surface area contributed by atoms with Crippen molar-refractivity contribution in [3.63, 3.8) is 0 Å². The van der Waals surface area contributed by atoms with Gasteiger partial charge in [0.1, 0.15) is 15.9 Å². The SMILES string of the molecule is O=S(=O)([O-])CC(F)(F)C(F)(F)C(F)(F)C(F)(F)C(F)(F)C(F)(F)C(F)(F)F.[K+].